The van der Waals surface area contributed by atoms with Crippen LogP contribution in [0.15, 0.2) is 46.3 Å². The van der Waals surface area contributed by atoms with Crippen LogP contribution in [0.4, 0.5) is 10.7 Å². The number of amides is 1. The summed E-state index contributed by atoms with van der Waals surface area (Å²) in [6.45, 7) is 5.73. The minimum absolute atomic E-state index is 0.187. The van der Waals surface area contributed by atoms with Crippen molar-refractivity contribution in [1.82, 2.24) is 0 Å². The fourth-order valence-electron chi connectivity index (χ4n) is 2.74. The molecule has 156 valence electrons. The number of rotatable bonds is 5. The molecule has 0 N–H and O–H groups in total. The fourth-order valence-corrected chi connectivity index (χ4v) is 4.76. The Hall–Kier alpha value is -2.91. The normalized spacial score (nSPS) is 16.4. The van der Waals surface area contributed by atoms with Crippen molar-refractivity contribution in [3.05, 3.63) is 57.3 Å². The molecule has 1 saturated heterocycles. The SMILES string of the molecule is CCOC(=O)c1c(/N=C2/S/C(=C/C(=O)OC)C(=O)N2c2ccccc2)sc(C)c1C. The highest BCUT2D eigenvalue weighted by Crippen LogP contribution is 2.40. The Morgan fingerprint density at radius 1 is 1.20 bits per heavy atom. The van der Waals surface area contributed by atoms with E-state index in [1.54, 1.807) is 31.2 Å². The van der Waals surface area contributed by atoms with E-state index in [2.05, 4.69) is 9.73 Å². The van der Waals surface area contributed by atoms with Gasteiger partial charge in [0.1, 0.15) is 5.00 Å². The summed E-state index contributed by atoms with van der Waals surface area (Å²) in [7, 11) is 1.25. The molecular weight excluding hydrogens is 424 g/mol. The maximum absolute atomic E-state index is 13.0. The third kappa shape index (κ3) is 4.31. The summed E-state index contributed by atoms with van der Waals surface area (Å²) in [5.74, 6) is -1.47. The van der Waals surface area contributed by atoms with E-state index in [0.29, 0.717) is 21.4 Å². The number of aliphatic imine (C=N–C) groups is 1. The van der Waals surface area contributed by atoms with Crippen LogP contribution in [0.25, 0.3) is 0 Å². The van der Waals surface area contributed by atoms with Crippen LogP contribution >= 0.6 is 23.1 Å². The summed E-state index contributed by atoms with van der Waals surface area (Å²) in [4.78, 5) is 44.4. The van der Waals surface area contributed by atoms with Crippen LogP contribution < -0.4 is 4.90 Å². The number of ether oxygens (including phenoxy) is 2. The van der Waals surface area contributed by atoms with Crippen molar-refractivity contribution in [2.45, 2.75) is 20.8 Å². The van der Waals surface area contributed by atoms with Crippen LogP contribution in [0, 0.1) is 13.8 Å². The van der Waals surface area contributed by atoms with Gasteiger partial charge in [0.05, 0.1) is 29.9 Å². The van der Waals surface area contributed by atoms with E-state index >= 15 is 0 Å². The van der Waals surface area contributed by atoms with Gasteiger partial charge in [-0.1, -0.05) is 18.2 Å². The predicted molar refractivity (Wildman–Crippen MR) is 118 cm³/mol. The zero-order chi connectivity index (χ0) is 21.8. The Kier molecular flexibility index (Phi) is 6.73. The summed E-state index contributed by atoms with van der Waals surface area (Å²) >= 11 is 2.40. The van der Waals surface area contributed by atoms with Gasteiger partial charge in [0.25, 0.3) is 5.91 Å². The molecule has 7 nitrogen and oxygen atoms in total. The van der Waals surface area contributed by atoms with E-state index in [1.807, 2.05) is 19.9 Å². The van der Waals surface area contributed by atoms with Crippen molar-refractivity contribution in [2.24, 2.45) is 4.99 Å². The molecule has 1 aromatic heterocycles. The van der Waals surface area contributed by atoms with Crippen molar-refractivity contribution >= 4 is 56.8 Å². The second kappa shape index (κ2) is 9.27. The summed E-state index contributed by atoms with van der Waals surface area (Å²) in [5, 5.41) is 0.798. The van der Waals surface area contributed by atoms with E-state index in [-0.39, 0.29) is 11.5 Å². The summed E-state index contributed by atoms with van der Waals surface area (Å²) in [6, 6.07) is 8.98. The quantitative estimate of drug-likeness (QED) is 0.503. The third-order valence-electron chi connectivity index (χ3n) is 4.31. The number of hydrogen-bond donors (Lipinski definition) is 0. The second-order valence-corrected chi connectivity index (χ2v) is 8.40. The lowest BCUT2D eigenvalue weighted by Crippen LogP contribution is -2.28. The maximum Gasteiger partial charge on any atom is 0.341 e. The first-order valence-electron chi connectivity index (χ1n) is 9.10. The highest BCUT2D eigenvalue weighted by Gasteiger charge is 2.36. The average molecular weight is 445 g/mol. The van der Waals surface area contributed by atoms with Crippen molar-refractivity contribution in [3.8, 4) is 0 Å². The molecule has 0 aliphatic carbocycles. The zero-order valence-corrected chi connectivity index (χ0v) is 18.6. The number of para-hydroxylation sites is 1. The molecule has 0 atom stereocenters. The van der Waals surface area contributed by atoms with E-state index in [1.165, 1.54) is 23.3 Å². The number of hydrogen-bond acceptors (Lipinski definition) is 8. The predicted octanol–water partition coefficient (Wildman–Crippen LogP) is 4.37. The largest absolute Gasteiger partial charge is 0.466 e. The van der Waals surface area contributed by atoms with E-state index < -0.39 is 17.8 Å². The Morgan fingerprint density at radius 3 is 2.53 bits per heavy atom. The Morgan fingerprint density at radius 2 is 1.90 bits per heavy atom. The smallest absolute Gasteiger partial charge is 0.341 e. The molecule has 1 aromatic carbocycles. The summed E-state index contributed by atoms with van der Waals surface area (Å²) in [5.41, 5.74) is 1.78. The van der Waals surface area contributed by atoms with Gasteiger partial charge < -0.3 is 9.47 Å². The van der Waals surface area contributed by atoms with Crippen molar-refractivity contribution < 1.29 is 23.9 Å². The molecule has 9 heteroatoms. The molecule has 1 fully saturated rings. The lowest BCUT2D eigenvalue weighted by molar-refractivity contribution is -0.135. The second-order valence-electron chi connectivity index (χ2n) is 6.19. The Bertz CT molecular complexity index is 1060. The number of esters is 2. The van der Waals surface area contributed by atoms with Crippen LogP contribution in [-0.4, -0.2) is 36.7 Å². The van der Waals surface area contributed by atoms with Gasteiger partial charge in [-0.2, -0.15) is 0 Å². The number of amidine groups is 1. The molecule has 0 radical (unpaired) electrons. The van der Waals surface area contributed by atoms with Gasteiger partial charge in [-0.05, 0) is 50.2 Å². The van der Waals surface area contributed by atoms with Gasteiger partial charge in [0, 0.05) is 11.0 Å². The molecule has 0 unspecified atom stereocenters. The fraction of sp³-hybridized carbons (Fsp3) is 0.238. The minimum Gasteiger partial charge on any atom is -0.466 e. The molecule has 2 heterocycles. The van der Waals surface area contributed by atoms with Crippen LogP contribution in [0.2, 0.25) is 0 Å². The monoisotopic (exact) mass is 444 g/mol. The van der Waals surface area contributed by atoms with E-state index in [9.17, 15) is 14.4 Å². The number of carbonyl (C=O) groups excluding carboxylic acids is 3. The van der Waals surface area contributed by atoms with Crippen molar-refractivity contribution in [1.29, 1.82) is 0 Å². The number of methoxy groups -OCH3 is 1. The first kappa shape index (κ1) is 21.8. The van der Waals surface area contributed by atoms with Gasteiger partial charge in [-0.15, -0.1) is 11.3 Å². The highest BCUT2D eigenvalue weighted by molar-refractivity contribution is 8.19. The van der Waals surface area contributed by atoms with Crippen molar-refractivity contribution in [2.75, 3.05) is 18.6 Å². The zero-order valence-electron chi connectivity index (χ0n) is 16.9. The topological polar surface area (TPSA) is 85.3 Å². The molecule has 30 heavy (non-hydrogen) atoms. The lowest BCUT2D eigenvalue weighted by atomic mass is 10.1. The molecular formula is C21H20N2O5S2. The van der Waals surface area contributed by atoms with Crippen molar-refractivity contribution in [3.63, 3.8) is 0 Å². The molecule has 0 saturated carbocycles. The maximum atomic E-state index is 13.0. The Balaban J connectivity index is 2.13. The standard InChI is InChI=1S/C21H20N2O5S2/c1-5-28-20(26)17-12(2)13(3)29-18(17)22-21-23(14-9-7-6-8-10-14)19(25)15(30-21)11-16(24)27-4/h6-11H,5H2,1-4H3/b15-11+,22-21+. The van der Waals surface area contributed by atoms with Gasteiger partial charge in [0.2, 0.25) is 0 Å². The van der Waals surface area contributed by atoms with E-state index in [0.717, 1.165) is 28.3 Å². The lowest BCUT2D eigenvalue weighted by Gasteiger charge is -2.15. The Labute approximate surface area is 182 Å². The first-order chi connectivity index (χ1) is 14.4. The first-order valence-corrected chi connectivity index (χ1v) is 10.7. The van der Waals surface area contributed by atoms with Crippen LogP contribution in [0.1, 0.15) is 27.7 Å². The number of anilines is 1. The van der Waals surface area contributed by atoms with E-state index in [4.69, 9.17) is 4.74 Å². The number of benzene rings is 1. The number of aryl methyl sites for hydroxylation is 1. The van der Waals surface area contributed by atoms with Crippen LogP contribution in [0.3, 0.4) is 0 Å². The molecule has 0 spiro atoms. The molecule has 1 aliphatic heterocycles. The van der Waals surface area contributed by atoms with Gasteiger partial charge in [0.15, 0.2) is 5.17 Å². The summed E-state index contributed by atoms with van der Waals surface area (Å²) in [6.07, 6.45) is 1.14. The summed E-state index contributed by atoms with van der Waals surface area (Å²) < 4.78 is 9.84. The average Bonchev–Trinajstić information content (AvgIpc) is 3.18. The van der Waals surface area contributed by atoms with Gasteiger partial charge in [-0.3, -0.25) is 9.69 Å². The van der Waals surface area contributed by atoms with Crippen LogP contribution in [-0.2, 0) is 19.1 Å². The molecule has 1 aliphatic rings. The number of thioether (sulfide) groups is 1. The number of nitrogens with zero attached hydrogens (tertiary/aromatic N) is 2. The van der Waals surface area contributed by atoms with Crippen LogP contribution in [0.5, 0.6) is 0 Å². The highest BCUT2D eigenvalue weighted by atomic mass is 32.2. The van der Waals surface area contributed by atoms with Gasteiger partial charge >= 0.3 is 11.9 Å². The number of carbonyl (C=O) groups is 3. The molecule has 0 bridgehead atoms. The molecule has 3 rings (SSSR count). The molecule has 2 aromatic rings. The van der Waals surface area contributed by atoms with Gasteiger partial charge in [-0.25, -0.2) is 14.6 Å². The third-order valence-corrected chi connectivity index (χ3v) is 6.38. The molecule has 1 amide bonds. The number of thiophene rings is 1. The minimum atomic E-state index is -0.630.